The maximum atomic E-state index is 8.47. The van der Waals surface area contributed by atoms with E-state index in [1.165, 1.54) is 4.88 Å². The Morgan fingerprint density at radius 3 is 3.17 bits per heavy atom. The van der Waals surface area contributed by atoms with Gasteiger partial charge in [-0.15, -0.1) is 11.3 Å². The van der Waals surface area contributed by atoms with Crippen LogP contribution in [0.1, 0.15) is 17.8 Å². The van der Waals surface area contributed by atoms with Crippen molar-refractivity contribution in [2.45, 2.75) is 13.0 Å². The third kappa shape index (κ3) is 3.22. The van der Waals surface area contributed by atoms with Crippen molar-refractivity contribution in [2.75, 3.05) is 11.9 Å². The van der Waals surface area contributed by atoms with Gasteiger partial charge in [-0.1, -0.05) is 6.07 Å². The lowest BCUT2D eigenvalue weighted by atomic mass is 10.2. The number of rotatable bonds is 5. The minimum atomic E-state index is 0.0633. The summed E-state index contributed by atoms with van der Waals surface area (Å²) in [4.78, 5) is 5.24. The molecule has 1 heterocycles. The van der Waals surface area contributed by atoms with Crippen LogP contribution < -0.4 is 10.1 Å². The van der Waals surface area contributed by atoms with Gasteiger partial charge in [-0.25, -0.2) is 0 Å². The Balaban J connectivity index is 2.03. The number of nitrogens with zero attached hydrogens (tertiary/aromatic N) is 2. The number of nitrogens with one attached hydrogen (secondary N) is 1. The van der Waals surface area contributed by atoms with Gasteiger partial charge < -0.3 is 10.1 Å². The van der Waals surface area contributed by atoms with Crippen molar-refractivity contribution in [3.8, 4) is 11.8 Å². The molecular formula is C13H13N3OS. The normalized spacial score (nSPS) is 11.6. The fourth-order valence-corrected chi connectivity index (χ4v) is 2.18. The molecule has 1 aromatic heterocycles. The number of anilines is 1. The molecule has 0 saturated carbocycles. The SMILES string of the molecule is CC(Nc1cccc(OCC#N)c1)c1cncs1. The van der Waals surface area contributed by atoms with E-state index in [0.29, 0.717) is 5.75 Å². The molecule has 0 fully saturated rings. The highest BCUT2D eigenvalue weighted by atomic mass is 32.1. The van der Waals surface area contributed by atoms with Gasteiger partial charge in [0.25, 0.3) is 0 Å². The van der Waals surface area contributed by atoms with E-state index in [1.807, 2.05) is 42.0 Å². The monoisotopic (exact) mass is 259 g/mol. The number of benzene rings is 1. The minimum absolute atomic E-state index is 0.0633. The van der Waals surface area contributed by atoms with Crippen LogP contribution in [-0.4, -0.2) is 11.6 Å². The molecule has 0 radical (unpaired) electrons. The zero-order valence-electron chi connectivity index (χ0n) is 9.96. The maximum absolute atomic E-state index is 8.47. The van der Waals surface area contributed by atoms with Gasteiger partial charge >= 0.3 is 0 Å². The molecule has 0 bridgehead atoms. The van der Waals surface area contributed by atoms with Gasteiger partial charge in [0.05, 0.1) is 11.6 Å². The summed E-state index contributed by atoms with van der Waals surface area (Å²) in [5.41, 5.74) is 2.78. The van der Waals surface area contributed by atoms with Crippen LogP contribution in [0, 0.1) is 11.3 Å². The standard InChI is InChI=1S/C13H13N3OS/c1-10(13-8-15-9-18-13)16-11-3-2-4-12(7-11)17-6-5-14/h2-4,7-10,16H,6H2,1H3. The average molecular weight is 259 g/mol. The van der Waals surface area contributed by atoms with Crippen LogP contribution in [0.25, 0.3) is 0 Å². The van der Waals surface area contributed by atoms with E-state index in [4.69, 9.17) is 10.00 Å². The van der Waals surface area contributed by atoms with Crippen LogP contribution in [0.15, 0.2) is 36.0 Å². The molecule has 0 spiro atoms. The first-order valence-electron chi connectivity index (χ1n) is 5.54. The first-order valence-corrected chi connectivity index (χ1v) is 6.42. The number of thiazole rings is 1. The van der Waals surface area contributed by atoms with E-state index >= 15 is 0 Å². The molecular weight excluding hydrogens is 246 g/mol. The van der Waals surface area contributed by atoms with Gasteiger partial charge in [-0.05, 0) is 19.1 Å². The number of nitriles is 1. The van der Waals surface area contributed by atoms with Gasteiger partial charge in [0.15, 0.2) is 6.61 Å². The van der Waals surface area contributed by atoms with Gasteiger partial charge in [-0.2, -0.15) is 5.26 Å². The zero-order chi connectivity index (χ0) is 12.8. The minimum Gasteiger partial charge on any atom is -0.479 e. The van der Waals surface area contributed by atoms with Gasteiger partial charge in [0, 0.05) is 22.8 Å². The molecule has 0 aliphatic heterocycles. The van der Waals surface area contributed by atoms with E-state index in [0.717, 1.165) is 5.69 Å². The molecule has 1 atom stereocenters. The Kier molecular flexibility index (Phi) is 4.15. The summed E-state index contributed by atoms with van der Waals surface area (Å²) in [7, 11) is 0. The zero-order valence-corrected chi connectivity index (χ0v) is 10.8. The highest BCUT2D eigenvalue weighted by Gasteiger charge is 2.07. The summed E-state index contributed by atoms with van der Waals surface area (Å²) in [6, 6.07) is 9.73. The van der Waals surface area contributed by atoms with E-state index in [2.05, 4.69) is 17.2 Å². The molecule has 4 nitrogen and oxygen atoms in total. The Bertz CT molecular complexity index is 533. The summed E-state index contributed by atoms with van der Waals surface area (Å²) < 4.78 is 5.26. The average Bonchev–Trinajstić information content (AvgIpc) is 2.91. The number of hydrogen-bond donors (Lipinski definition) is 1. The summed E-state index contributed by atoms with van der Waals surface area (Å²) in [5.74, 6) is 0.693. The lowest BCUT2D eigenvalue weighted by Crippen LogP contribution is -2.05. The Hall–Kier alpha value is -2.06. The first-order chi connectivity index (χ1) is 8.79. The molecule has 1 N–H and O–H groups in total. The second-order valence-electron chi connectivity index (χ2n) is 3.74. The van der Waals surface area contributed by atoms with Gasteiger partial charge in [0.1, 0.15) is 11.8 Å². The van der Waals surface area contributed by atoms with E-state index in [1.54, 1.807) is 11.3 Å². The number of aromatic nitrogens is 1. The van der Waals surface area contributed by atoms with Crippen LogP contribution in [0.4, 0.5) is 5.69 Å². The van der Waals surface area contributed by atoms with Crippen molar-refractivity contribution in [3.05, 3.63) is 40.8 Å². The molecule has 0 aliphatic rings. The predicted octanol–water partition coefficient (Wildman–Crippen LogP) is 3.22. The highest BCUT2D eigenvalue weighted by Crippen LogP contribution is 2.24. The smallest absolute Gasteiger partial charge is 0.174 e. The van der Waals surface area contributed by atoms with Gasteiger partial charge in [0.2, 0.25) is 0 Å². The van der Waals surface area contributed by atoms with Crippen LogP contribution in [0.3, 0.4) is 0 Å². The lowest BCUT2D eigenvalue weighted by molar-refractivity contribution is 0.368. The predicted molar refractivity (Wildman–Crippen MR) is 71.7 cm³/mol. The molecule has 92 valence electrons. The summed E-state index contributed by atoms with van der Waals surface area (Å²) in [5, 5.41) is 11.8. The largest absolute Gasteiger partial charge is 0.479 e. The van der Waals surface area contributed by atoms with E-state index in [9.17, 15) is 0 Å². The molecule has 0 amide bonds. The second kappa shape index (κ2) is 6.03. The van der Waals surface area contributed by atoms with Crippen LogP contribution in [-0.2, 0) is 0 Å². The quantitative estimate of drug-likeness (QED) is 0.895. The van der Waals surface area contributed by atoms with E-state index < -0.39 is 0 Å². The molecule has 0 aliphatic carbocycles. The highest BCUT2D eigenvalue weighted by molar-refractivity contribution is 7.09. The molecule has 2 aromatic rings. The molecule has 1 aromatic carbocycles. The van der Waals surface area contributed by atoms with Crippen molar-refractivity contribution < 1.29 is 4.74 Å². The fourth-order valence-electron chi connectivity index (χ4n) is 1.55. The van der Waals surface area contributed by atoms with Crippen LogP contribution in [0.2, 0.25) is 0 Å². The Labute approximate surface area is 110 Å². The van der Waals surface area contributed by atoms with Crippen molar-refractivity contribution in [3.63, 3.8) is 0 Å². The molecule has 2 rings (SSSR count). The van der Waals surface area contributed by atoms with Crippen molar-refractivity contribution in [2.24, 2.45) is 0 Å². The summed E-state index contributed by atoms with van der Waals surface area (Å²) in [6.45, 7) is 2.14. The first kappa shape index (κ1) is 12.4. The molecule has 5 heteroatoms. The van der Waals surface area contributed by atoms with Crippen molar-refractivity contribution in [1.82, 2.24) is 4.98 Å². The Morgan fingerprint density at radius 1 is 1.56 bits per heavy atom. The summed E-state index contributed by atoms with van der Waals surface area (Å²) >= 11 is 1.62. The molecule has 18 heavy (non-hydrogen) atoms. The van der Waals surface area contributed by atoms with Crippen LogP contribution in [0.5, 0.6) is 5.75 Å². The third-order valence-corrected chi connectivity index (χ3v) is 3.36. The topological polar surface area (TPSA) is 57.9 Å². The summed E-state index contributed by atoms with van der Waals surface area (Å²) in [6.07, 6.45) is 1.86. The van der Waals surface area contributed by atoms with Gasteiger partial charge in [-0.3, -0.25) is 4.98 Å². The second-order valence-corrected chi connectivity index (χ2v) is 4.66. The third-order valence-electron chi connectivity index (χ3n) is 2.40. The number of ether oxygens (including phenoxy) is 1. The Morgan fingerprint density at radius 2 is 2.44 bits per heavy atom. The van der Waals surface area contributed by atoms with E-state index in [-0.39, 0.29) is 12.6 Å². The maximum Gasteiger partial charge on any atom is 0.174 e. The van der Waals surface area contributed by atoms with Crippen molar-refractivity contribution >= 4 is 17.0 Å². The molecule has 0 saturated heterocycles. The number of hydrogen-bond acceptors (Lipinski definition) is 5. The fraction of sp³-hybridized carbons (Fsp3) is 0.231. The van der Waals surface area contributed by atoms with Crippen molar-refractivity contribution in [1.29, 1.82) is 5.26 Å². The lowest BCUT2D eigenvalue weighted by Gasteiger charge is -2.14. The van der Waals surface area contributed by atoms with Crippen LogP contribution >= 0.6 is 11.3 Å². The molecule has 1 unspecified atom stereocenters.